The molecule has 0 radical (unpaired) electrons. The lowest BCUT2D eigenvalue weighted by Crippen LogP contribution is -2.23. The van der Waals surface area contributed by atoms with E-state index in [1.807, 2.05) is 48.7 Å². The Bertz CT molecular complexity index is 882. The number of aromatic nitrogens is 4. The number of rotatable bonds is 6. The third-order valence-corrected chi connectivity index (χ3v) is 5.00. The summed E-state index contributed by atoms with van der Waals surface area (Å²) >= 11 is 7.17. The van der Waals surface area contributed by atoms with Crippen molar-refractivity contribution in [3.05, 3.63) is 53.7 Å². The number of benzene rings is 1. The van der Waals surface area contributed by atoms with Crippen LogP contribution in [0.25, 0.3) is 11.4 Å². The van der Waals surface area contributed by atoms with Crippen LogP contribution in [0.15, 0.2) is 53.8 Å². The number of pyridine rings is 1. The Morgan fingerprint density at radius 2 is 2.00 bits per heavy atom. The van der Waals surface area contributed by atoms with Gasteiger partial charge in [-0.05, 0) is 26.0 Å². The Morgan fingerprint density at radius 1 is 1.23 bits per heavy atom. The van der Waals surface area contributed by atoms with E-state index in [1.165, 1.54) is 18.0 Å². The third kappa shape index (κ3) is 4.23. The van der Waals surface area contributed by atoms with Gasteiger partial charge in [0.2, 0.25) is 5.91 Å². The molecular weight excluding hydrogens is 370 g/mol. The fraction of sp³-hybridized carbons (Fsp3) is 0.222. The number of carbonyl (C=O) groups excluding carboxylic acids is 1. The van der Waals surface area contributed by atoms with Gasteiger partial charge in [0.1, 0.15) is 5.82 Å². The summed E-state index contributed by atoms with van der Waals surface area (Å²) < 4.78 is 2.00. The highest BCUT2D eigenvalue weighted by atomic mass is 35.5. The maximum atomic E-state index is 12.4. The van der Waals surface area contributed by atoms with Gasteiger partial charge in [-0.15, -0.1) is 10.2 Å². The molecule has 0 saturated heterocycles. The number of halogens is 1. The smallest absolute Gasteiger partial charge is 0.238 e. The average Bonchev–Trinajstić information content (AvgIpc) is 3.06. The van der Waals surface area contributed by atoms with Gasteiger partial charge >= 0.3 is 0 Å². The molecule has 3 aromatic rings. The van der Waals surface area contributed by atoms with E-state index in [-0.39, 0.29) is 11.2 Å². The lowest BCUT2D eigenvalue weighted by molar-refractivity contribution is -0.115. The summed E-state index contributed by atoms with van der Waals surface area (Å²) in [5, 5.41) is 12.2. The molecule has 1 amide bonds. The summed E-state index contributed by atoms with van der Waals surface area (Å²) in [4.78, 5) is 16.5. The number of thioether (sulfide) groups is 1. The SMILES string of the molecule is CCn1c(SC(C)C(=O)Nc2ccc(Cl)cn2)nnc1-c1ccccc1. The number of amides is 1. The number of nitrogens with zero attached hydrogens (tertiary/aromatic N) is 4. The molecule has 26 heavy (non-hydrogen) atoms. The predicted octanol–water partition coefficient (Wildman–Crippen LogP) is 4.13. The summed E-state index contributed by atoms with van der Waals surface area (Å²) in [5.41, 5.74) is 0.996. The van der Waals surface area contributed by atoms with Crippen molar-refractivity contribution >= 4 is 35.1 Å². The summed E-state index contributed by atoms with van der Waals surface area (Å²) in [6, 6.07) is 13.2. The van der Waals surface area contributed by atoms with Crippen LogP contribution in [-0.2, 0) is 11.3 Å². The van der Waals surface area contributed by atoms with Crippen LogP contribution in [0.5, 0.6) is 0 Å². The van der Waals surface area contributed by atoms with Crippen LogP contribution in [0.2, 0.25) is 5.02 Å². The molecule has 134 valence electrons. The second kappa shape index (κ2) is 8.33. The van der Waals surface area contributed by atoms with Gasteiger partial charge in [0.25, 0.3) is 0 Å². The van der Waals surface area contributed by atoms with Gasteiger partial charge in [0.05, 0.1) is 10.3 Å². The van der Waals surface area contributed by atoms with Gasteiger partial charge in [0.15, 0.2) is 11.0 Å². The van der Waals surface area contributed by atoms with E-state index < -0.39 is 0 Å². The van der Waals surface area contributed by atoms with Crippen LogP contribution in [0.3, 0.4) is 0 Å². The van der Waals surface area contributed by atoms with E-state index in [0.717, 1.165) is 11.4 Å². The van der Waals surface area contributed by atoms with Gasteiger partial charge in [-0.2, -0.15) is 0 Å². The molecular formula is C18H18ClN5OS. The van der Waals surface area contributed by atoms with Gasteiger partial charge in [0, 0.05) is 18.3 Å². The predicted molar refractivity (Wildman–Crippen MR) is 104 cm³/mol. The van der Waals surface area contributed by atoms with Crippen LogP contribution in [0.4, 0.5) is 5.82 Å². The number of anilines is 1. The van der Waals surface area contributed by atoms with Gasteiger partial charge < -0.3 is 9.88 Å². The number of hydrogen-bond acceptors (Lipinski definition) is 5. The Labute approximate surface area is 161 Å². The first-order chi connectivity index (χ1) is 12.6. The Kier molecular flexibility index (Phi) is 5.90. The summed E-state index contributed by atoms with van der Waals surface area (Å²) in [6.07, 6.45) is 1.49. The number of nitrogens with one attached hydrogen (secondary N) is 1. The molecule has 2 aromatic heterocycles. The van der Waals surface area contributed by atoms with Crippen molar-refractivity contribution < 1.29 is 4.79 Å². The highest BCUT2D eigenvalue weighted by Crippen LogP contribution is 2.27. The first kappa shape index (κ1) is 18.4. The van der Waals surface area contributed by atoms with Crippen LogP contribution in [0, 0.1) is 0 Å². The molecule has 1 N–H and O–H groups in total. The topological polar surface area (TPSA) is 72.7 Å². The fourth-order valence-corrected chi connectivity index (χ4v) is 3.38. The van der Waals surface area contributed by atoms with Crippen molar-refractivity contribution in [3.63, 3.8) is 0 Å². The second-order valence-electron chi connectivity index (χ2n) is 5.53. The minimum Gasteiger partial charge on any atom is -0.310 e. The number of hydrogen-bond donors (Lipinski definition) is 1. The highest BCUT2D eigenvalue weighted by Gasteiger charge is 2.20. The Hall–Kier alpha value is -2.38. The molecule has 0 aliphatic rings. The van der Waals surface area contributed by atoms with Crippen molar-refractivity contribution in [2.24, 2.45) is 0 Å². The molecule has 0 bridgehead atoms. The Balaban J connectivity index is 1.73. The molecule has 1 unspecified atom stereocenters. The Morgan fingerprint density at radius 3 is 2.65 bits per heavy atom. The quantitative estimate of drug-likeness (QED) is 0.643. The molecule has 0 saturated carbocycles. The standard InChI is InChI=1S/C18H18ClN5OS/c1-3-24-16(13-7-5-4-6-8-13)22-23-18(24)26-12(2)17(25)21-15-10-9-14(19)11-20-15/h4-12H,3H2,1-2H3,(H,20,21,25). The average molecular weight is 388 g/mol. The van der Waals surface area contributed by atoms with Crippen LogP contribution in [0.1, 0.15) is 13.8 Å². The minimum atomic E-state index is -0.356. The zero-order chi connectivity index (χ0) is 18.5. The van der Waals surface area contributed by atoms with Gasteiger partial charge in [-0.1, -0.05) is 53.7 Å². The molecule has 0 spiro atoms. The largest absolute Gasteiger partial charge is 0.310 e. The fourth-order valence-electron chi connectivity index (χ4n) is 2.35. The normalized spacial score (nSPS) is 12.0. The molecule has 0 aliphatic heterocycles. The van der Waals surface area contributed by atoms with Gasteiger partial charge in [-0.3, -0.25) is 4.79 Å². The molecule has 1 aromatic carbocycles. The van der Waals surface area contributed by atoms with Crippen molar-refractivity contribution in [1.29, 1.82) is 0 Å². The summed E-state index contributed by atoms with van der Waals surface area (Å²) in [5.74, 6) is 1.10. The molecule has 2 heterocycles. The molecule has 1 atom stereocenters. The second-order valence-corrected chi connectivity index (χ2v) is 7.27. The molecule has 3 rings (SSSR count). The van der Waals surface area contributed by atoms with Crippen molar-refractivity contribution in [1.82, 2.24) is 19.7 Å². The monoisotopic (exact) mass is 387 g/mol. The van der Waals surface area contributed by atoms with Crippen LogP contribution < -0.4 is 5.32 Å². The summed E-state index contributed by atoms with van der Waals surface area (Å²) in [7, 11) is 0. The third-order valence-electron chi connectivity index (χ3n) is 3.70. The van der Waals surface area contributed by atoms with E-state index in [9.17, 15) is 4.79 Å². The lowest BCUT2D eigenvalue weighted by atomic mass is 10.2. The van der Waals surface area contributed by atoms with E-state index >= 15 is 0 Å². The van der Waals surface area contributed by atoms with Crippen LogP contribution >= 0.6 is 23.4 Å². The van der Waals surface area contributed by atoms with Crippen molar-refractivity contribution in [2.75, 3.05) is 5.32 Å². The first-order valence-corrected chi connectivity index (χ1v) is 9.42. The number of carbonyl (C=O) groups is 1. The molecule has 8 heteroatoms. The van der Waals surface area contributed by atoms with Crippen LogP contribution in [-0.4, -0.2) is 30.9 Å². The summed E-state index contributed by atoms with van der Waals surface area (Å²) in [6.45, 7) is 4.57. The molecule has 6 nitrogen and oxygen atoms in total. The maximum Gasteiger partial charge on any atom is 0.238 e. The van der Waals surface area contributed by atoms with Crippen molar-refractivity contribution in [2.45, 2.75) is 30.8 Å². The zero-order valence-corrected chi connectivity index (χ0v) is 16.0. The van der Waals surface area contributed by atoms with E-state index in [0.29, 0.717) is 22.5 Å². The molecule has 0 fully saturated rings. The van der Waals surface area contributed by atoms with Crippen molar-refractivity contribution in [3.8, 4) is 11.4 Å². The maximum absolute atomic E-state index is 12.4. The van der Waals surface area contributed by atoms with Gasteiger partial charge in [-0.25, -0.2) is 4.98 Å². The molecule has 0 aliphatic carbocycles. The zero-order valence-electron chi connectivity index (χ0n) is 14.4. The first-order valence-electron chi connectivity index (χ1n) is 8.16. The van der Waals surface area contributed by atoms with E-state index in [2.05, 4.69) is 20.5 Å². The minimum absolute atomic E-state index is 0.156. The van der Waals surface area contributed by atoms with E-state index in [1.54, 1.807) is 12.1 Å². The highest BCUT2D eigenvalue weighted by molar-refractivity contribution is 8.00. The lowest BCUT2D eigenvalue weighted by Gasteiger charge is -2.12. The van der Waals surface area contributed by atoms with E-state index in [4.69, 9.17) is 11.6 Å².